The standard InChI is InChI=1S/C12H17N3/c1-2-4-10-9(3-1)7-14-12-8-13-6-5-11(12)15-10/h5-6,8-10,14-15H,1-4,7H2. The number of rotatable bonds is 0. The molecule has 0 aromatic carbocycles. The van der Waals surface area contributed by atoms with Gasteiger partial charge < -0.3 is 10.6 Å². The number of hydrogen-bond acceptors (Lipinski definition) is 3. The lowest BCUT2D eigenvalue weighted by Crippen LogP contribution is -2.34. The molecule has 2 heterocycles. The highest BCUT2D eigenvalue weighted by Crippen LogP contribution is 2.32. The summed E-state index contributed by atoms with van der Waals surface area (Å²) in [5.41, 5.74) is 2.38. The number of anilines is 2. The van der Waals surface area contributed by atoms with E-state index in [1.54, 1.807) is 0 Å². The van der Waals surface area contributed by atoms with E-state index in [-0.39, 0.29) is 0 Å². The summed E-state index contributed by atoms with van der Waals surface area (Å²) in [5, 5.41) is 7.16. The molecule has 0 bridgehead atoms. The molecule has 80 valence electrons. The van der Waals surface area contributed by atoms with Gasteiger partial charge in [-0.15, -0.1) is 0 Å². The maximum atomic E-state index is 4.15. The molecule has 2 aliphatic rings. The Morgan fingerprint density at radius 2 is 2.13 bits per heavy atom. The quantitative estimate of drug-likeness (QED) is 0.680. The van der Waals surface area contributed by atoms with Gasteiger partial charge in [0, 0.05) is 18.8 Å². The average Bonchev–Trinajstić information content (AvgIpc) is 2.48. The highest BCUT2D eigenvalue weighted by Gasteiger charge is 2.27. The minimum absolute atomic E-state index is 0.662. The van der Waals surface area contributed by atoms with Gasteiger partial charge in [0.25, 0.3) is 0 Å². The van der Waals surface area contributed by atoms with Crippen LogP contribution in [0.2, 0.25) is 0 Å². The lowest BCUT2D eigenvalue weighted by Gasteiger charge is -2.30. The van der Waals surface area contributed by atoms with Crippen LogP contribution in [0.1, 0.15) is 25.7 Å². The summed E-state index contributed by atoms with van der Waals surface area (Å²) in [5.74, 6) is 0.783. The third kappa shape index (κ3) is 1.66. The summed E-state index contributed by atoms with van der Waals surface area (Å²) in [4.78, 5) is 4.15. The number of nitrogens with zero attached hydrogens (tertiary/aromatic N) is 1. The van der Waals surface area contributed by atoms with Gasteiger partial charge >= 0.3 is 0 Å². The number of hydrogen-bond donors (Lipinski definition) is 2. The van der Waals surface area contributed by atoms with Gasteiger partial charge in [-0.1, -0.05) is 12.8 Å². The van der Waals surface area contributed by atoms with Gasteiger partial charge in [-0.2, -0.15) is 0 Å². The first-order chi connectivity index (χ1) is 7.43. The van der Waals surface area contributed by atoms with Gasteiger partial charge in [0.05, 0.1) is 17.6 Å². The summed E-state index contributed by atoms with van der Waals surface area (Å²) in [6.45, 7) is 1.09. The van der Waals surface area contributed by atoms with Crippen LogP contribution in [0.5, 0.6) is 0 Å². The van der Waals surface area contributed by atoms with Crippen molar-refractivity contribution < 1.29 is 0 Å². The van der Waals surface area contributed by atoms with Crippen LogP contribution in [0.25, 0.3) is 0 Å². The van der Waals surface area contributed by atoms with E-state index >= 15 is 0 Å². The molecule has 1 aromatic rings. The second-order valence-electron chi connectivity index (χ2n) is 4.60. The second kappa shape index (κ2) is 3.72. The molecule has 15 heavy (non-hydrogen) atoms. The average molecular weight is 203 g/mol. The first-order valence-corrected chi connectivity index (χ1v) is 5.88. The van der Waals surface area contributed by atoms with E-state index in [9.17, 15) is 0 Å². The Balaban J connectivity index is 1.88. The molecule has 1 aliphatic heterocycles. The minimum Gasteiger partial charge on any atom is -0.382 e. The highest BCUT2D eigenvalue weighted by atomic mass is 15.0. The predicted molar refractivity (Wildman–Crippen MR) is 62.1 cm³/mol. The molecule has 0 spiro atoms. The SMILES string of the molecule is c1cc2c(cn1)NCC1CCCCC1N2. The topological polar surface area (TPSA) is 37.0 Å². The summed E-state index contributed by atoms with van der Waals surface area (Å²) in [6.07, 6.45) is 9.20. The Hall–Kier alpha value is -1.25. The fourth-order valence-electron chi connectivity index (χ4n) is 2.74. The first kappa shape index (κ1) is 9.01. The molecule has 0 amide bonds. The fraction of sp³-hybridized carbons (Fsp3) is 0.583. The molecule has 2 unspecified atom stereocenters. The van der Waals surface area contributed by atoms with Crippen molar-refractivity contribution in [2.24, 2.45) is 5.92 Å². The van der Waals surface area contributed by atoms with Crippen LogP contribution < -0.4 is 10.6 Å². The van der Waals surface area contributed by atoms with Gasteiger partial charge in [0.15, 0.2) is 0 Å². The van der Waals surface area contributed by atoms with Crippen LogP contribution in [-0.4, -0.2) is 17.6 Å². The van der Waals surface area contributed by atoms with Crippen molar-refractivity contribution >= 4 is 11.4 Å². The molecule has 3 heteroatoms. The molecule has 1 fully saturated rings. The second-order valence-corrected chi connectivity index (χ2v) is 4.60. The summed E-state index contributed by atoms with van der Waals surface area (Å²) < 4.78 is 0. The molecule has 0 radical (unpaired) electrons. The van der Waals surface area contributed by atoms with Crippen LogP contribution in [-0.2, 0) is 0 Å². The number of nitrogens with one attached hydrogen (secondary N) is 2. The zero-order chi connectivity index (χ0) is 10.1. The van der Waals surface area contributed by atoms with E-state index in [1.807, 2.05) is 12.4 Å². The van der Waals surface area contributed by atoms with Crippen molar-refractivity contribution in [3.8, 4) is 0 Å². The number of aromatic nitrogens is 1. The van der Waals surface area contributed by atoms with E-state index in [2.05, 4.69) is 21.7 Å². The van der Waals surface area contributed by atoms with Crippen molar-refractivity contribution in [2.75, 3.05) is 17.2 Å². The van der Waals surface area contributed by atoms with E-state index in [4.69, 9.17) is 0 Å². The molecule has 2 N–H and O–H groups in total. The zero-order valence-electron chi connectivity index (χ0n) is 8.87. The first-order valence-electron chi connectivity index (χ1n) is 5.88. The molecular weight excluding hydrogens is 186 g/mol. The van der Waals surface area contributed by atoms with Crippen LogP contribution in [0.15, 0.2) is 18.5 Å². The highest BCUT2D eigenvalue weighted by molar-refractivity contribution is 5.68. The van der Waals surface area contributed by atoms with Crippen molar-refractivity contribution in [3.05, 3.63) is 18.5 Å². The van der Waals surface area contributed by atoms with Crippen LogP contribution in [0.3, 0.4) is 0 Å². The molecule has 1 aliphatic carbocycles. The molecule has 1 saturated carbocycles. The maximum Gasteiger partial charge on any atom is 0.0762 e. The Labute approximate surface area is 90.3 Å². The summed E-state index contributed by atoms with van der Waals surface area (Å²) >= 11 is 0. The molecule has 1 aromatic heterocycles. The van der Waals surface area contributed by atoms with Crippen molar-refractivity contribution in [1.82, 2.24) is 4.98 Å². The smallest absolute Gasteiger partial charge is 0.0762 e. The normalized spacial score (nSPS) is 29.1. The van der Waals surface area contributed by atoms with E-state index < -0.39 is 0 Å². The Morgan fingerprint density at radius 1 is 1.20 bits per heavy atom. The van der Waals surface area contributed by atoms with Gasteiger partial charge in [0.2, 0.25) is 0 Å². The minimum atomic E-state index is 0.662. The number of pyridine rings is 1. The predicted octanol–water partition coefficient (Wildman–Crippen LogP) is 2.48. The summed E-state index contributed by atoms with van der Waals surface area (Å²) in [7, 11) is 0. The van der Waals surface area contributed by atoms with E-state index in [1.165, 1.54) is 31.4 Å². The molecule has 2 atom stereocenters. The van der Waals surface area contributed by atoms with E-state index in [0.29, 0.717) is 6.04 Å². The van der Waals surface area contributed by atoms with Crippen LogP contribution in [0.4, 0.5) is 11.4 Å². The lowest BCUT2D eigenvalue weighted by atomic mass is 9.84. The van der Waals surface area contributed by atoms with Crippen molar-refractivity contribution in [2.45, 2.75) is 31.7 Å². The fourth-order valence-corrected chi connectivity index (χ4v) is 2.74. The Bertz CT molecular complexity index is 350. The van der Waals surface area contributed by atoms with Gasteiger partial charge in [0.1, 0.15) is 0 Å². The van der Waals surface area contributed by atoms with E-state index in [0.717, 1.165) is 18.2 Å². The monoisotopic (exact) mass is 203 g/mol. The van der Waals surface area contributed by atoms with Crippen molar-refractivity contribution in [3.63, 3.8) is 0 Å². The Morgan fingerprint density at radius 3 is 3.13 bits per heavy atom. The number of fused-ring (bicyclic) bond motifs is 2. The van der Waals surface area contributed by atoms with Crippen LogP contribution in [0, 0.1) is 5.92 Å². The molecule has 0 saturated heterocycles. The third-order valence-corrected chi connectivity index (χ3v) is 3.63. The largest absolute Gasteiger partial charge is 0.382 e. The zero-order valence-corrected chi connectivity index (χ0v) is 8.87. The molecule has 3 rings (SSSR count). The maximum absolute atomic E-state index is 4.15. The molecule has 3 nitrogen and oxygen atoms in total. The third-order valence-electron chi connectivity index (χ3n) is 3.63. The van der Waals surface area contributed by atoms with Crippen molar-refractivity contribution in [1.29, 1.82) is 0 Å². The Kier molecular flexibility index (Phi) is 2.24. The molecular formula is C12H17N3. The summed E-state index contributed by atoms with van der Waals surface area (Å²) in [6, 6.07) is 2.73. The van der Waals surface area contributed by atoms with Crippen LogP contribution >= 0.6 is 0 Å². The van der Waals surface area contributed by atoms with Gasteiger partial charge in [-0.3, -0.25) is 4.98 Å². The van der Waals surface area contributed by atoms with Gasteiger partial charge in [-0.05, 0) is 24.8 Å². The van der Waals surface area contributed by atoms with Gasteiger partial charge in [-0.25, -0.2) is 0 Å². The lowest BCUT2D eigenvalue weighted by molar-refractivity contribution is 0.342.